The van der Waals surface area contributed by atoms with E-state index in [-0.39, 0.29) is 11.9 Å². The van der Waals surface area contributed by atoms with Crippen molar-refractivity contribution in [1.29, 1.82) is 0 Å². The minimum atomic E-state index is -0.382. The number of rotatable bonds is 6. The quantitative estimate of drug-likeness (QED) is 0.355. The number of aromatic nitrogens is 1. The number of halogens is 1. The van der Waals surface area contributed by atoms with Crippen molar-refractivity contribution in [2.24, 2.45) is 5.10 Å². The summed E-state index contributed by atoms with van der Waals surface area (Å²) in [6.07, 6.45) is 1.59. The summed E-state index contributed by atoms with van der Waals surface area (Å²) in [5.74, 6) is -0.737. The smallest absolute Gasteiger partial charge is 0.338 e. The van der Waals surface area contributed by atoms with Gasteiger partial charge < -0.3 is 9.30 Å². The summed E-state index contributed by atoms with van der Waals surface area (Å²) < 4.78 is 7.10. The molecule has 0 atom stereocenters. The summed E-state index contributed by atoms with van der Waals surface area (Å²) in [7, 11) is 0. The molecule has 1 heterocycles. The highest BCUT2D eigenvalue weighted by molar-refractivity contribution is 6.33. The molecule has 1 amide bonds. The van der Waals surface area contributed by atoms with Crippen molar-refractivity contribution in [1.82, 2.24) is 9.99 Å². The fourth-order valence-corrected chi connectivity index (χ4v) is 3.39. The number of carbonyl (C=O) groups is 2. The van der Waals surface area contributed by atoms with Gasteiger partial charge in [0.05, 0.1) is 29.0 Å². The molecule has 7 heteroatoms. The van der Waals surface area contributed by atoms with Crippen molar-refractivity contribution in [3.8, 4) is 5.69 Å². The van der Waals surface area contributed by atoms with E-state index in [1.165, 1.54) is 0 Å². The summed E-state index contributed by atoms with van der Waals surface area (Å²) in [4.78, 5) is 24.3. The third-order valence-corrected chi connectivity index (χ3v) is 4.90. The molecule has 0 aliphatic heterocycles. The summed E-state index contributed by atoms with van der Waals surface area (Å²) in [6.45, 7) is 6.01. The Balaban J connectivity index is 1.82. The first kappa shape index (κ1) is 21.3. The number of hydrazone groups is 1. The lowest BCUT2D eigenvalue weighted by molar-refractivity contribution is 0.0526. The lowest BCUT2D eigenvalue weighted by Crippen LogP contribution is -2.18. The lowest BCUT2D eigenvalue weighted by Gasteiger charge is -2.11. The highest BCUT2D eigenvalue weighted by atomic mass is 35.5. The van der Waals surface area contributed by atoms with Gasteiger partial charge in [0.1, 0.15) is 0 Å². The fraction of sp³-hybridized carbons (Fsp3) is 0.174. The van der Waals surface area contributed by atoms with Crippen LogP contribution in [0.25, 0.3) is 5.69 Å². The van der Waals surface area contributed by atoms with Crippen molar-refractivity contribution in [2.75, 3.05) is 6.61 Å². The molecule has 1 N–H and O–H groups in total. The molecule has 2 aromatic carbocycles. The number of hydrogen-bond donors (Lipinski definition) is 1. The third kappa shape index (κ3) is 4.60. The molecule has 0 bridgehead atoms. The van der Waals surface area contributed by atoms with Crippen LogP contribution in [0.4, 0.5) is 0 Å². The standard InChI is InChI=1S/C23H22ClN3O3/c1-4-30-23(29)17-8-7-9-19(13-17)27-15(2)12-18(16(27)3)14-25-26-22(28)20-10-5-6-11-21(20)24/h5-14H,4H2,1-3H3,(H,26,28)/b25-14-. The van der Waals surface area contributed by atoms with Crippen LogP contribution in [0.3, 0.4) is 0 Å². The average molecular weight is 424 g/mol. The van der Waals surface area contributed by atoms with Crippen molar-refractivity contribution >= 4 is 29.7 Å². The average Bonchev–Trinajstić information content (AvgIpc) is 3.01. The molecule has 1 aromatic heterocycles. The molecule has 6 nitrogen and oxygen atoms in total. The Morgan fingerprint density at radius 3 is 2.63 bits per heavy atom. The summed E-state index contributed by atoms with van der Waals surface area (Å²) in [6, 6.07) is 16.0. The van der Waals surface area contributed by atoms with Crippen molar-refractivity contribution in [3.63, 3.8) is 0 Å². The van der Waals surface area contributed by atoms with Crippen LogP contribution >= 0.6 is 11.6 Å². The van der Waals surface area contributed by atoms with Gasteiger partial charge in [-0.25, -0.2) is 10.2 Å². The van der Waals surface area contributed by atoms with Gasteiger partial charge in [0.2, 0.25) is 0 Å². The molecule has 0 radical (unpaired) electrons. The number of benzene rings is 2. The number of amides is 1. The van der Waals surface area contributed by atoms with Crippen LogP contribution in [0, 0.1) is 13.8 Å². The third-order valence-electron chi connectivity index (χ3n) is 4.57. The maximum Gasteiger partial charge on any atom is 0.338 e. The second-order valence-corrected chi connectivity index (χ2v) is 7.02. The second-order valence-electron chi connectivity index (χ2n) is 6.61. The van der Waals surface area contributed by atoms with E-state index in [1.807, 2.05) is 36.6 Å². The van der Waals surface area contributed by atoms with E-state index in [0.717, 1.165) is 22.6 Å². The lowest BCUT2D eigenvalue weighted by atomic mass is 10.2. The van der Waals surface area contributed by atoms with Crippen LogP contribution in [-0.2, 0) is 4.74 Å². The minimum Gasteiger partial charge on any atom is -0.462 e. The molecule has 0 aliphatic carbocycles. The SMILES string of the molecule is CCOC(=O)c1cccc(-n2c(C)cc(/C=N\NC(=O)c3ccccc3Cl)c2C)c1. The number of aryl methyl sites for hydroxylation is 1. The first-order valence-corrected chi connectivity index (χ1v) is 9.84. The van der Waals surface area contributed by atoms with E-state index in [1.54, 1.807) is 49.5 Å². The first-order valence-electron chi connectivity index (χ1n) is 9.46. The molecular weight excluding hydrogens is 402 g/mol. The number of ether oxygens (including phenoxy) is 1. The van der Waals surface area contributed by atoms with E-state index in [2.05, 4.69) is 10.5 Å². The van der Waals surface area contributed by atoms with Gasteiger partial charge in [-0.1, -0.05) is 29.8 Å². The van der Waals surface area contributed by atoms with Crippen LogP contribution in [0.15, 0.2) is 59.7 Å². The second kappa shape index (κ2) is 9.41. The Morgan fingerprint density at radius 2 is 1.90 bits per heavy atom. The zero-order valence-electron chi connectivity index (χ0n) is 17.0. The molecule has 3 rings (SSSR count). The monoisotopic (exact) mass is 423 g/mol. The highest BCUT2D eigenvalue weighted by Crippen LogP contribution is 2.21. The largest absolute Gasteiger partial charge is 0.462 e. The molecule has 30 heavy (non-hydrogen) atoms. The number of hydrogen-bond acceptors (Lipinski definition) is 4. The van der Waals surface area contributed by atoms with Crippen LogP contribution in [0.1, 0.15) is 44.6 Å². The van der Waals surface area contributed by atoms with E-state index < -0.39 is 0 Å². The Hall–Kier alpha value is -3.38. The van der Waals surface area contributed by atoms with Gasteiger partial charge in [-0.2, -0.15) is 5.10 Å². The summed E-state index contributed by atoms with van der Waals surface area (Å²) in [5.41, 5.74) is 6.92. The van der Waals surface area contributed by atoms with Gasteiger partial charge in [0, 0.05) is 22.6 Å². The summed E-state index contributed by atoms with van der Waals surface area (Å²) in [5, 5.41) is 4.43. The fourth-order valence-electron chi connectivity index (χ4n) is 3.17. The first-order chi connectivity index (χ1) is 14.4. The summed E-state index contributed by atoms with van der Waals surface area (Å²) >= 11 is 6.04. The topological polar surface area (TPSA) is 72.7 Å². The van der Waals surface area contributed by atoms with E-state index in [4.69, 9.17) is 16.3 Å². The molecule has 154 valence electrons. The zero-order chi connectivity index (χ0) is 21.7. The van der Waals surface area contributed by atoms with E-state index >= 15 is 0 Å². The van der Waals surface area contributed by atoms with Gasteiger partial charge >= 0.3 is 5.97 Å². The Bertz CT molecular complexity index is 1120. The van der Waals surface area contributed by atoms with Crippen LogP contribution in [0.2, 0.25) is 5.02 Å². The van der Waals surface area contributed by atoms with E-state index in [9.17, 15) is 9.59 Å². The molecule has 3 aromatic rings. The molecular formula is C23H22ClN3O3. The Morgan fingerprint density at radius 1 is 1.13 bits per heavy atom. The highest BCUT2D eigenvalue weighted by Gasteiger charge is 2.13. The van der Waals surface area contributed by atoms with Crippen LogP contribution in [0.5, 0.6) is 0 Å². The molecule has 0 aliphatic rings. The minimum absolute atomic E-state index is 0.325. The molecule has 0 spiro atoms. The normalized spacial score (nSPS) is 10.9. The number of nitrogens with one attached hydrogen (secondary N) is 1. The van der Waals surface area contributed by atoms with Gasteiger partial charge in [-0.05, 0) is 57.2 Å². The van der Waals surface area contributed by atoms with Crippen molar-refractivity contribution in [3.05, 3.63) is 87.7 Å². The number of nitrogens with zero attached hydrogens (tertiary/aromatic N) is 2. The van der Waals surface area contributed by atoms with Crippen molar-refractivity contribution < 1.29 is 14.3 Å². The van der Waals surface area contributed by atoms with Gasteiger partial charge in [-0.3, -0.25) is 4.79 Å². The Labute approximate surface area is 180 Å². The maximum atomic E-state index is 12.2. The molecule has 0 saturated heterocycles. The van der Waals surface area contributed by atoms with Gasteiger partial charge in [0.25, 0.3) is 5.91 Å². The number of carbonyl (C=O) groups excluding carboxylic acids is 2. The predicted octanol–water partition coefficient (Wildman–Crippen LogP) is 4.69. The van der Waals surface area contributed by atoms with Gasteiger partial charge in [-0.15, -0.1) is 0 Å². The number of esters is 1. The van der Waals surface area contributed by atoms with Gasteiger partial charge in [0.15, 0.2) is 0 Å². The van der Waals surface area contributed by atoms with Crippen LogP contribution < -0.4 is 5.43 Å². The van der Waals surface area contributed by atoms with E-state index in [0.29, 0.717) is 22.8 Å². The zero-order valence-corrected chi connectivity index (χ0v) is 17.7. The molecule has 0 unspecified atom stereocenters. The van der Waals surface area contributed by atoms with Crippen LogP contribution in [-0.4, -0.2) is 29.3 Å². The van der Waals surface area contributed by atoms with Crippen molar-refractivity contribution in [2.45, 2.75) is 20.8 Å². The maximum absolute atomic E-state index is 12.2. The molecule has 0 fully saturated rings. The Kier molecular flexibility index (Phi) is 6.69. The molecule has 0 saturated carbocycles. The predicted molar refractivity (Wildman–Crippen MR) is 118 cm³/mol.